The SMILES string of the molecule is C[C@@H](NC(=S)Nc1ccc(CC2CN(CC(=O)O)CCN(CC(=O)O)CCN2CC(=O)O)cc1)C(=O)N[C@@H](CCCCNC(=O)CNC(=O)CCC(=O)NCCc1cnc[nH]1)C(=O)N[C@@H](Cc1ccc(O)cc1)C(=O)N[C@@H](CCCCNC(=O)CNC(=O)CCC(=O)NCCc1cnc[nH]1)C(N)=O. The third kappa shape index (κ3) is 34.5. The summed E-state index contributed by atoms with van der Waals surface area (Å²) >= 11 is 5.60. The number of phenolic OH excluding ortho intramolecular Hbond substituents is 1. The van der Waals surface area contributed by atoms with Crippen molar-refractivity contribution in [2.24, 2.45) is 5.73 Å². The van der Waals surface area contributed by atoms with Crippen molar-refractivity contribution in [3.05, 3.63) is 96.1 Å². The standard InChI is InChI=1S/C66H95N19O17S/c1-42(78-66(103)79-45-12-8-43(9-13-45)30-48-36-84(38-60(95)96)27-26-83(37-59(93)94)28-29-85(48)39-61(97)98)63(100)81-51(7-3-5-23-71-58(92)35-75-56(90)19-17-54(88)73-25-21-47-33-69-41-77-47)64(101)82-52(31-44-10-14-49(86)15-11-44)65(102)80-50(62(67)99)6-2-4-22-70-57(91)34-74-55(89)18-16-53(87)72-24-20-46-32-68-40-76-46/h8-15,32-33,40-42,48,50-52,86H,2-7,16-31,34-39H2,1H3,(H2,67,99)(H,68,76)(H,69,77)(H,70,91)(H,71,92)(H,72,87)(H,73,88)(H,74,89)(H,75,90)(H,80,102)(H,81,100)(H,82,101)(H,93,94)(H,95,96)(H,97,98)(H2,78,79,103)/t42-,48?,50+,51+,52+/m1/s1. The Balaban J connectivity index is 1.19. The number of nitrogens with zero attached hydrogens (tertiary/aromatic N) is 5. The van der Waals surface area contributed by atoms with Gasteiger partial charge in [0.2, 0.25) is 59.1 Å². The van der Waals surface area contributed by atoms with Gasteiger partial charge in [-0.25, -0.2) is 9.97 Å². The molecular weight excluding hydrogens is 1360 g/mol. The Morgan fingerprint density at radius 1 is 0.534 bits per heavy atom. The van der Waals surface area contributed by atoms with E-state index in [1.54, 1.807) is 51.4 Å². The number of unbranched alkanes of at least 4 members (excludes halogenated alkanes) is 2. The van der Waals surface area contributed by atoms with Crippen LogP contribution in [-0.4, -0.2) is 259 Å². The highest BCUT2D eigenvalue weighted by Crippen LogP contribution is 2.18. The minimum atomic E-state index is -1.42. The molecule has 0 radical (unpaired) electrons. The molecule has 1 unspecified atom stereocenters. The molecule has 5 rings (SSSR count). The Labute approximate surface area is 599 Å². The highest BCUT2D eigenvalue weighted by molar-refractivity contribution is 7.80. The molecule has 5 atom stereocenters. The molecule has 103 heavy (non-hydrogen) atoms. The summed E-state index contributed by atoms with van der Waals surface area (Å²) in [5.74, 6) is -9.45. The zero-order valence-electron chi connectivity index (χ0n) is 57.4. The van der Waals surface area contributed by atoms with Gasteiger partial charge in [-0.15, -0.1) is 0 Å². The quantitative estimate of drug-likeness (QED) is 0.0154. The second kappa shape index (κ2) is 45.3. The van der Waals surface area contributed by atoms with Gasteiger partial charge in [0.25, 0.3) is 0 Å². The first-order valence-electron chi connectivity index (χ1n) is 33.8. The van der Waals surface area contributed by atoms with Crippen molar-refractivity contribution in [3.8, 4) is 5.75 Å². The number of thiocarbonyl (C=S) groups is 1. The number of aromatic hydroxyl groups is 1. The summed E-state index contributed by atoms with van der Waals surface area (Å²) < 4.78 is 0. The van der Waals surface area contributed by atoms with E-state index in [0.29, 0.717) is 50.0 Å². The summed E-state index contributed by atoms with van der Waals surface area (Å²) in [6, 6.07) is 7.03. The van der Waals surface area contributed by atoms with Gasteiger partial charge < -0.3 is 94.6 Å². The molecule has 2 aromatic heterocycles. The smallest absolute Gasteiger partial charge is 0.317 e. The lowest BCUT2D eigenvalue weighted by Crippen LogP contribution is -2.58. The molecule has 1 aliphatic heterocycles. The van der Waals surface area contributed by atoms with Gasteiger partial charge in [0.15, 0.2) is 5.11 Å². The van der Waals surface area contributed by atoms with Crippen LogP contribution in [0.25, 0.3) is 0 Å². The molecule has 4 aromatic rings. The molecule has 19 N–H and O–H groups in total. The van der Waals surface area contributed by atoms with E-state index >= 15 is 0 Å². The van der Waals surface area contributed by atoms with Gasteiger partial charge in [-0.3, -0.25) is 77.0 Å². The number of imidazole rings is 2. The number of anilines is 1. The van der Waals surface area contributed by atoms with Crippen LogP contribution in [0.2, 0.25) is 0 Å². The summed E-state index contributed by atoms with van der Waals surface area (Å²) in [5.41, 5.74) is 9.14. The molecule has 2 aromatic carbocycles. The van der Waals surface area contributed by atoms with Gasteiger partial charge in [0, 0.05) is 139 Å². The molecular formula is C66H95N19O17S. The first kappa shape index (κ1) is 83.0. The fraction of sp³-hybridized carbons (Fsp3) is 0.515. The molecule has 562 valence electrons. The Morgan fingerprint density at radius 2 is 0.990 bits per heavy atom. The van der Waals surface area contributed by atoms with Crippen molar-refractivity contribution in [2.45, 2.75) is 127 Å². The fourth-order valence-corrected chi connectivity index (χ4v) is 11.0. The zero-order chi connectivity index (χ0) is 75.1. The van der Waals surface area contributed by atoms with E-state index in [4.69, 9.17) is 18.0 Å². The lowest BCUT2D eigenvalue weighted by Gasteiger charge is -2.33. The number of phenols is 1. The molecule has 1 fully saturated rings. The molecule has 3 heterocycles. The third-order valence-corrected chi connectivity index (χ3v) is 16.5. The number of amides is 10. The fourth-order valence-electron chi connectivity index (χ4n) is 10.7. The van der Waals surface area contributed by atoms with Crippen LogP contribution in [0.15, 0.2) is 73.6 Å². The van der Waals surface area contributed by atoms with E-state index in [1.165, 1.54) is 43.8 Å². The highest BCUT2D eigenvalue weighted by atomic mass is 32.1. The number of carbonyl (C=O) groups is 13. The molecule has 0 aliphatic carbocycles. The molecule has 1 saturated heterocycles. The zero-order valence-corrected chi connectivity index (χ0v) is 58.2. The number of aromatic nitrogens is 4. The lowest BCUT2D eigenvalue weighted by molar-refractivity contribution is -0.140. The Bertz CT molecular complexity index is 3440. The number of aromatic amines is 2. The molecule has 37 heteroatoms. The van der Waals surface area contributed by atoms with Gasteiger partial charge in [-0.1, -0.05) is 24.3 Å². The molecule has 0 spiro atoms. The molecule has 0 bridgehead atoms. The number of H-pyrrole nitrogens is 2. The van der Waals surface area contributed by atoms with E-state index in [0.717, 1.165) is 17.0 Å². The number of carbonyl (C=O) groups excluding carboxylic acids is 10. The van der Waals surface area contributed by atoms with E-state index in [9.17, 15) is 82.8 Å². The third-order valence-electron chi connectivity index (χ3n) is 16.3. The second-order valence-electron chi connectivity index (χ2n) is 24.6. The number of hydrogen-bond acceptors (Lipinski definition) is 20. The van der Waals surface area contributed by atoms with Gasteiger partial charge in [-0.2, -0.15) is 0 Å². The Kier molecular flexibility index (Phi) is 36.5. The van der Waals surface area contributed by atoms with E-state index < -0.39 is 95.4 Å². The van der Waals surface area contributed by atoms with E-state index in [-0.39, 0.29) is 165 Å². The van der Waals surface area contributed by atoms with Crippen molar-refractivity contribution < 1.29 is 82.8 Å². The number of primary amides is 1. The molecule has 36 nitrogen and oxygen atoms in total. The number of benzene rings is 2. The minimum Gasteiger partial charge on any atom is -0.508 e. The number of aliphatic carboxylic acids is 3. The molecule has 1 aliphatic rings. The molecule has 0 saturated carbocycles. The monoisotopic (exact) mass is 1460 g/mol. The predicted octanol–water partition coefficient (Wildman–Crippen LogP) is -3.14. The summed E-state index contributed by atoms with van der Waals surface area (Å²) in [6.07, 6.45) is 7.95. The maximum absolute atomic E-state index is 14.6. The molecule has 10 amide bonds. The number of nitrogens with two attached hydrogens (primary N) is 1. The highest BCUT2D eigenvalue weighted by Gasteiger charge is 2.32. The number of carboxylic acids is 3. The predicted molar refractivity (Wildman–Crippen MR) is 376 cm³/mol. The van der Waals surface area contributed by atoms with Crippen LogP contribution >= 0.6 is 12.2 Å². The Morgan fingerprint density at radius 3 is 1.50 bits per heavy atom. The average molecular weight is 1460 g/mol. The van der Waals surface area contributed by atoms with Crippen LogP contribution in [0.1, 0.15) is 93.6 Å². The van der Waals surface area contributed by atoms with Crippen molar-refractivity contribution in [1.29, 1.82) is 0 Å². The van der Waals surface area contributed by atoms with Gasteiger partial charge in [-0.05, 0) is 99.5 Å². The summed E-state index contributed by atoms with van der Waals surface area (Å²) in [7, 11) is 0. The minimum absolute atomic E-state index is 0.00406. The van der Waals surface area contributed by atoms with Crippen LogP contribution in [0.4, 0.5) is 5.69 Å². The van der Waals surface area contributed by atoms with Crippen molar-refractivity contribution in [1.82, 2.24) is 87.8 Å². The first-order valence-corrected chi connectivity index (χ1v) is 34.2. The van der Waals surface area contributed by atoms with Crippen molar-refractivity contribution in [2.75, 3.05) is 96.9 Å². The van der Waals surface area contributed by atoms with E-state index in [2.05, 4.69) is 78.4 Å². The van der Waals surface area contributed by atoms with Crippen LogP contribution in [0.5, 0.6) is 5.75 Å². The number of nitrogens with one attached hydrogen (secondary N) is 13. The van der Waals surface area contributed by atoms with Crippen LogP contribution < -0.4 is 64.2 Å². The maximum atomic E-state index is 14.6. The Hall–Kier alpha value is -10.7. The maximum Gasteiger partial charge on any atom is 0.317 e. The topological polar surface area (TPSA) is 528 Å². The normalized spacial score (nSPS) is 14.6. The summed E-state index contributed by atoms with van der Waals surface area (Å²) in [6.45, 7) is 1.65. The summed E-state index contributed by atoms with van der Waals surface area (Å²) in [4.78, 5) is 185. The summed E-state index contributed by atoms with van der Waals surface area (Å²) in [5, 5.41) is 68.7. The first-order chi connectivity index (χ1) is 49.3. The van der Waals surface area contributed by atoms with Crippen molar-refractivity contribution in [3.63, 3.8) is 0 Å². The average Bonchev–Trinajstić information content (AvgIpc) is 1.52. The van der Waals surface area contributed by atoms with Gasteiger partial charge in [0.05, 0.1) is 45.4 Å². The number of hydrogen-bond donors (Lipinski definition) is 18. The van der Waals surface area contributed by atoms with Gasteiger partial charge in [0.1, 0.15) is 29.9 Å². The van der Waals surface area contributed by atoms with Crippen LogP contribution in [0, 0.1) is 0 Å². The van der Waals surface area contributed by atoms with Crippen molar-refractivity contribution >= 4 is 100.0 Å². The van der Waals surface area contributed by atoms with Gasteiger partial charge >= 0.3 is 17.9 Å². The number of carboxylic acid groups (broad SMARTS) is 3. The lowest BCUT2D eigenvalue weighted by atomic mass is 10.0. The van der Waals surface area contributed by atoms with Crippen LogP contribution in [0.3, 0.4) is 0 Å². The second-order valence-corrected chi connectivity index (χ2v) is 25.0. The largest absolute Gasteiger partial charge is 0.508 e. The van der Waals surface area contributed by atoms with E-state index in [1.807, 2.05) is 0 Å². The number of rotatable bonds is 45. The van der Waals surface area contributed by atoms with Crippen LogP contribution in [-0.2, 0) is 88.0 Å².